The Bertz CT molecular complexity index is 2010. The van der Waals surface area contributed by atoms with Gasteiger partial charge in [0.1, 0.15) is 11.6 Å². The second-order valence-corrected chi connectivity index (χ2v) is 15.6. The summed E-state index contributed by atoms with van der Waals surface area (Å²) in [6, 6.07) is 20.8. The molecular formula is C41H49N9O7. The third-order valence-corrected chi connectivity index (χ3v) is 10.2. The fraction of sp³-hybridized carbons (Fsp3) is 0.415. The zero-order valence-electron chi connectivity index (χ0n) is 32.3. The van der Waals surface area contributed by atoms with Gasteiger partial charge in [-0.05, 0) is 117 Å². The molecule has 2 aliphatic rings. The summed E-state index contributed by atoms with van der Waals surface area (Å²) in [5.74, 6) is -0.421. The first-order valence-electron chi connectivity index (χ1n) is 19.2. The molecule has 57 heavy (non-hydrogen) atoms. The van der Waals surface area contributed by atoms with E-state index >= 15 is 0 Å². The fourth-order valence-electron chi connectivity index (χ4n) is 7.09. The summed E-state index contributed by atoms with van der Waals surface area (Å²) >= 11 is 0. The van der Waals surface area contributed by atoms with Crippen LogP contribution in [0.2, 0.25) is 0 Å². The lowest BCUT2D eigenvalue weighted by Gasteiger charge is -2.29. The molecule has 2 heterocycles. The van der Waals surface area contributed by atoms with Gasteiger partial charge < -0.3 is 36.0 Å². The quantitative estimate of drug-likeness (QED) is 0.113. The van der Waals surface area contributed by atoms with Crippen molar-refractivity contribution in [3.05, 3.63) is 83.9 Å². The highest BCUT2D eigenvalue weighted by molar-refractivity contribution is 5.98. The van der Waals surface area contributed by atoms with E-state index < -0.39 is 23.8 Å². The van der Waals surface area contributed by atoms with E-state index in [-0.39, 0.29) is 48.6 Å². The van der Waals surface area contributed by atoms with E-state index in [2.05, 4.69) is 41.9 Å². The van der Waals surface area contributed by atoms with Crippen LogP contribution in [-0.2, 0) is 20.7 Å². The van der Waals surface area contributed by atoms with Gasteiger partial charge in [-0.25, -0.2) is 9.59 Å². The summed E-state index contributed by atoms with van der Waals surface area (Å²) in [4.78, 5) is 64.9. The van der Waals surface area contributed by atoms with Crippen LogP contribution >= 0.6 is 0 Å². The first-order chi connectivity index (χ1) is 27.3. The van der Waals surface area contributed by atoms with Crippen LogP contribution in [-0.4, -0.2) is 97.9 Å². The number of carbonyl (C=O) groups is 5. The summed E-state index contributed by atoms with van der Waals surface area (Å²) in [5, 5.41) is 34.9. The maximum atomic E-state index is 13.8. The van der Waals surface area contributed by atoms with Crippen molar-refractivity contribution < 1.29 is 33.8 Å². The van der Waals surface area contributed by atoms with Crippen molar-refractivity contribution in [3.63, 3.8) is 0 Å². The minimum Gasteiger partial charge on any atom is -0.465 e. The van der Waals surface area contributed by atoms with Gasteiger partial charge in [-0.2, -0.15) is 5.21 Å². The molecule has 6 N–H and O–H groups in total. The van der Waals surface area contributed by atoms with E-state index in [1.54, 1.807) is 36.4 Å². The van der Waals surface area contributed by atoms with Crippen molar-refractivity contribution in [1.29, 1.82) is 0 Å². The molecule has 0 bridgehead atoms. The molecule has 3 aromatic carbocycles. The molecule has 1 saturated heterocycles. The molecule has 2 atom stereocenters. The summed E-state index contributed by atoms with van der Waals surface area (Å²) in [6.07, 6.45) is 2.16. The Labute approximate surface area is 330 Å². The molecule has 300 valence electrons. The maximum Gasteiger partial charge on any atom is 0.407 e. The van der Waals surface area contributed by atoms with Gasteiger partial charge in [-0.3, -0.25) is 14.4 Å². The van der Waals surface area contributed by atoms with Gasteiger partial charge in [0.15, 0.2) is 0 Å². The first-order valence-corrected chi connectivity index (χ1v) is 19.2. The van der Waals surface area contributed by atoms with Gasteiger partial charge in [0.2, 0.25) is 17.6 Å². The van der Waals surface area contributed by atoms with Crippen molar-refractivity contribution in [1.82, 2.24) is 41.5 Å². The van der Waals surface area contributed by atoms with E-state index in [1.165, 1.54) is 4.90 Å². The van der Waals surface area contributed by atoms with Crippen LogP contribution in [0.5, 0.6) is 0 Å². The van der Waals surface area contributed by atoms with E-state index in [9.17, 15) is 29.1 Å². The Balaban J connectivity index is 1.08. The number of hydrogen-bond donors (Lipinski definition) is 6. The van der Waals surface area contributed by atoms with Crippen LogP contribution < -0.4 is 21.3 Å². The standard InChI is InChI=1S/C41H49N9O7/c1-41(2,3)57-39(54)42-23-26-6-10-30(11-7-26)37(52)45-34(38(53)43-32-18-16-29(17-19-32)35-46-48-49-47-35)22-25-4-8-27(9-5-25)28-12-14-31(15-13-28)36(51)44-33-20-21-50(24-33)40(55)56/h4-5,8-9,12-19,26,30,33-34H,6-7,10-11,20-24H2,1-3H3,(H,42,54)(H,43,53)(H,44,51)(H,45,52)(H,55,56)(H,46,47,48,49)/t26?,30?,33-,34+/m1/s1. The predicted octanol–water partition coefficient (Wildman–Crippen LogP) is 5.01. The number of hydrogen-bond acceptors (Lipinski definition) is 9. The van der Waals surface area contributed by atoms with E-state index in [4.69, 9.17) is 4.74 Å². The molecule has 1 aliphatic heterocycles. The molecule has 5 amide bonds. The number of aromatic nitrogens is 4. The number of nitrogens with zero attached hydrogens (tertiary/aromatic N) is 4. The summed E-state index contributed by atoms with van der Waals surface area (Å²) < 4.78 is 5.35. The number of carboxylic acid groups (broad SMARTS) is 1. The summed E-state index contributed by atoms with van der Waals surface area (Å²) in [6.45, 7) is 6.59. The zero-order valence-corrected chi connectivity index (χ0v) is 32.3. The summed E-state index contributed by atoms with van der Waals surface area (Å²) in [5.41, 5.74) is 3.80. The van der Waals surface area contributed by atoms with Gasteiger partial charge in [-0.1, -0.05) is 36.4 Å². The predicted molar refractivity (Wildman–Crippen MR) is 211 cm³/mol. The van der Waals surface area contributed by atoms with Crippen molar-refractivity contribution in [2.45, 2.75) is 77.0 Å². The van der Waals surface area contributed by atoms with Crippen LogP contribution in [0.3, 0.4) is 0 Å². The topological polar surface area (TPSA) is 221 Å². The number of aromatic amines is 1. The normalized spacial score (nSPS) is 18.6. The Morgan fingerprint density at radius 3 is 2.12 bits per heavy atom. The average molecular weight is 780 g/mol. The fourth-order valence-corrected chi connectivity index (χ4v) is 7.09. The largest absolute Gasteiger partial charge is 0.465 e. The Hall–Kier alpha value is -6.32. The highest BCUT2D eigenvalue weighted by Crippen LogP contribution is 2.29. The van der Waals surface area contributed by atoms with Crippen LogP contribution in [0.4, 0.5) is 15.3 Å². The molecule has 6 rings (SSSR count). The lowest BCUT2D eigenvalue weighted by Crippen LogP contribution is -2.48. The smallest absolute Gasteiger partial charge is 0.407 e. The summed E-state index contributed by atoms with van der Waals surface area (Å²) in [7, 11) is 0. The van der Waals surface area contributed by atoms with Gasteiger partial charge >= 0.3 is 12.2 Å². The number of H-pyrrole nitrogens is 1. The van der Waals surface area contributed by atoms with Crippen LogP contribution in [0.15, 0.2) is 72.8 Å². The third-order valence-electron chi connectivity index (χ3n) is 10.2. The molecule has 4 aromatic rings. The SMILES string of the molecule is CC(C)(C)OC(=O)NCC1CCC(C(=O)N[C@@H](Cc2ccc(-c3ccc(C(=O)N[C@@H]4CCN(C(=O)O)C4)cc3)cc2)C(=O)Nc2ccc(-c3nn[nH]n3)cc2)CC1. The molecule has 0 spiro atoms. The van der Waals surface area contributed by atoms with Crippen LogP contribution in [0.25, 0.3) is 22.5 Å². The van der Waals surface area contributed by atoms with E-state index in [0.717, 1.165) is 35.1 Å². The van der Waals surface area contributed by atoms with Crippen LogP contribution in [0, 0.1) is 11.8 Å². The number of rotatable bonds is 12. The Kier molecular flexibility index (Phi) is 12.8. The molecule has 0 unspecified atom stereocenters. The zero-order chi connectivity index (χ0) is 40.5. The molecule has 16 heteroatoms. The average Bonchev–Trinajstić information content (AvgIpc) is 3.91. The lowest BCUT2D eigenvalue weighted by molar-refractivity contribution is -0.130. The third kappa shape index (κ3) is 11.4. The maximum absolute atomic E-state index is 13.8. The van der Waals surface area contributed by atoms with Gasteiger partial charge in [-0.15, -0.1) is 10.2 Å². The number of amides is 5. The molecule has 0 radical (unpaired) electrons. The number of carbonyl (C=O) groups excluding carboxylic acids is 4. The van der Waals surface area contributed by atoms with Gasteiger partial charge in [0.05, 0.1) is 0 Å². The highest BCUT2D eigenvalue weighted by atomic mass is 16.6. The second kappa shape index (κ2) is 18.1. The Morgan fingerprint density at radius 1 is 0.877 bits per heavy atom. The number of tetrazole rings is 1. The van der Waals surface area contributed by atoms with Crippen LogP contribution in [0.1, 0.15) is 68.8 Å². The number of nitrogens with one attached hydrogen (secondary N) is 5. The molecule has 1 aliphatic carbocycles. The van der Waals surface area contributed by atoms with Crippen molar-refractivity contribution in [2.75, 3.05) is 25.0 Å². The second-order valence-electron chi connectivity index (χ2n) is 15.6. The van der Waals surface area contributed by atoms with Crippen molar-refractivity contribution in [3.8, 4) is 22.5 Å². The molecule has 1 aromatic heterocycles. The lowest BCUT2D eigenvalue weighted by atomic mass is 9.81. The van der Waals surface area contributed by atoms with Gasteiger partial charge in [0.25, 0.3) is 5.91 Å². The highest BCUT2D eigenvalue weighted by Gasteiger charge is 2.31. The number of anilines is 1. The van der Waals surface area contributed by atoms with Crippen molar-refractivity contribution >= 4 is 35.6 Å². The number of ether oxygens (including phenoxy) is 1. The van der Waals surface area contributed by atoms with E-state index in [1.807, 2.05) is 57.2 Å². The molecule has 1 saturated carbocycles. The molecular weight excluding hydrogens is 731 g/mol. The number of alkyl carbamates (subject to hydrolysis) is 1. The number of likely N-dealkylation sites (tertiary alicyclic amines) is 1. The monoisotopic (exact) mass is 779 g/mol. The van der Waals surface area contributed by atoms with E-state index in [0.29, 0.717) is 49.4 Å². The molecule has 2 fully saturated rings. The minimum atomic E-state index is -0.990. The minimum absolute atomic E-state index is 0.186. The van der Waals surface area contributed by atoms with Crippen molar-refractivity contribution in [2.24, 2.45) is 11.8 Å². The molecule has 16 nitrogen and oxygen atoms in total. The number of benzene rings is 3. The van der Waals surface area contributed by atoms with Gasteiger partial charge in [0, 0.05) is 54.8 Å². The first kappa shape index (κ1) is 40.3. The Morgan fingerprint density at radius 2 is 1.53 bits per heavy atom.